The lowest BCUT2D eigenvalue weighted by Gasteiger charge is -2.31. The zero-order chi connectivity index (χ0) is 9.73. The molecule has 76 valence electrons. The summed E-state index contributed by atoms with van der Waals surface area (Å²) in [5.41, 5.74) is 0.681. The van der Waals surface area contributed by atoms with Crippen molar-refractivity contribution in [1.82, 2.24) is 0 Å². The Balaban J connectivity index is 2.67. The second-order valence-corrected chi connectivity index (χ2v) is 7.36. The number of allylic oxidation sites excluding steroid dienone is 1. The lowest BCUT2D eigenvalue weighted by atomic mass is 10.4. The van der Waals surface area contributed by atoms with Crippen LogP contribution in [0.2, 0.25) is 11.6 Å². The van der Waals surface area contributed by atoms with E-state index in [4.69, 9.17) is 8.85 Å². The zero-order valence-corrected chi connectivity index (χ0v) is 9.71. The quantitative estimate of drug-likeness (QED) is 0.502. The summed E-state index contributed by atoms with van der Waals surface area (Å²) >= 11 is 0. The molecule has 1 rings (SSSR count). The van der Waals surface area contributed by atoms with Crippen molar-refractivity contribution in [3.8, 4) is 0 Å². The van der Waals surface area contributed by atoms with E-state index in [1.54, 1.807) is 14.2 Å². The van der Waals surface area contributed by atoms with Gasteiger partial charge in [-0.05, 0) is 12.8 Å². The molecular formula is C10H20O2Si. The van der Waals surface area contributed by atoms with Crippen LogP contribution >= 0.6 is 0 Å². The van der Waals surface area contributed by atoms with Gasteiger partial charge in [-0.2, -0.15) is 0 Å². The Kier molecular flexibility index (Phi) is 4.16. The molecule has 1 saturated carbocycles. The summed E-state index contributed by atoms with van der Waals surface area (Å²) in [6.07, 6.45) is 7.17. The maximum absolute atomic E-state index is 5.66. The van der Waals surface area contributed by atoms with Crippen LogP contribution in [0.3, 0.4) is 0 Å². The molecule has 0 bridgehead atoms. The smallest absolute Gasteiger partial charge is 0.344 e. The fourth-order valence-corrected chi connectivity index (χ4v) is 5.51. The lowest BCUT2D eigenvalue weighted by molar-refractivity contribution is 0.231. The Labute approximate surface area is 82.2 Å². The van der Waals surface area contributed by atoms with Crippen LogP contribution in [0.5, 0.6) is 0 Å². The maximum Gasteiger partial charge on any atom is 0.344 e. The van der Waals surface area contributed by atoms with E-state index >= 15 is 0 Å². The van der Waals surface area contributed by atoms with E-state index in [0.717, 1.165) is 6.04 Å². The van der Waals surface area contributed by atoms with Gasteiger partial charge < -0.3 is 8.85 Å². The van der Waals surface area contributed by atoms with Crippen LogP contribution in [0.1, 0.15) is 25.7 Å². The van der Waals surface area contributed by atoms with E-state index in [0.29, 0.717) is 5.54 Å². The van der Waals surface area contributed by atoms with Gasteiger partial charge in [-0.25, -0.2) is 0 Å². The van der Waals surface area contributed by atoms with Crippen LogP contribution in [0.15, 0.2) is 12.7 Å². The van der Waals surface area contributed by atoms with Crippen molar-refractivity contribution in [3.63, 3.8) is 0 Å². The topological polar surface area (TPSA) is 18.5 Å². The molecule has 1 fully saturated rings. The molecule has 0 radical (unpaired) electrons. The molecule has 0 spiro atoms. The molecule has 0 saturated heterocycles. The molecule has 0 unspecified atom stereocenters. The van der Waals surface area contributed by atoms with E-state index in [1.165, 1.54) is 25.7 Å². The van der Waals surface area contributed by atoms with E-state index in [9.17, 15) is 0 Å². The number of hydrogen-bond donors (Lipinski definition) is 0. The minimum absolute atomic E-state index is 0.681. The monoisotopic (exact) mass is 200 g/mol. The highest BCUT2D eigenvalue weighted by Gasteiger charge is 2.44. The summed E-state index contributed by atoms with van der Waals surface area (Å²) in [5, 5.41) is 0. The predicted molar refractivity (Wildman–Crippen MR) is 57.0 cm³/mol. The largest absolute Gasteiger partial charge is 0.397 e. The summed E-state index contributed by atoms with van der Waals surface area (Å²) in [4.78, 5) is 0. The van der Waals surface area contributed by atoms with Crippen LogP contribution in [-0.2, 0) is 8.85 Å². The molecule has 0 aliphatic heterocycles. The summed E-state index contributed by atoms with van der Waals surface area (Å²) in [5.74, 6) is 0. The van der Waals surface area contributed by atoms with Gasteiger partial charge in [0.2, 0.25) is 0 Å². The van der Waals surface area contributed by atoms with Gasteiger partial charge in [0.1, 0.15) is 0 Å². The average molecular weight is 200 g/mol. The van der Waals surface area contributed by atoms with Gasteiger partial charge >= 0.3 is 8.56 Å². The summed E-state index contributed by atoms with van der Waals surface area (Å²) in [6.45, 7) is 3.79. The van der Waals surface area contributed by atoms with Gasteiger partial charge in [0.25, 0.3) is 0 Å². The summed E-state index contributed by atoms with van der Waals surface area (Å²) in [7, 11) is 1.65. The highest BCUT2D eigenvalue weighted by molar-refractivity contribution is 6.69. The minimum atomic E-state index is -1.93. The molecule has 0 atom stereocenters. The van der Waals surface area contributed by atoms with Crippen molar-refractivity contribution >= 4 is 8.56 Å². The number of hydrogen-bond acceptors (Lipinski definition) is 2. The van der Waals surface area contributed by atoms with Gasteiger partial charge in [0.05, 0.1) is 0 Å². The van der Waals surface area contributed by atoms with E-state index in [2.05, 4.69) is 6.58 Å². The SMILES string of the molecule is C=CC[Si](OC)(OC)C1CCCC1. The highest BCUT2D eigenvalue weighted by Crippen LogP contribution is 2.41. The molecular weight excluding hydrogens is 180 g/mol. The highest BCUT2D eigenvalue weighted by atomic mass is 28.4. The zero-order valence-electron chi connectivity index (χ0n) is 8.71. The second kappa shape index (κ2) is 4.93. The molecule has 2 nitrogen and oxygen atoms in total. The standard InChI is InChI=1S/C10H20O2Si/c1-4-9-13(11-2,12-3)10-7-5-6-8-10/h4,10H,1,5-9H2,2-3H3. The third kappa shape index (κ3) is 2.21. The van der Waals surface area contributed by atoms with Gasteiger partial charge in [0, 0.05) is 25.8 Å². The third-order valence-electron chi connectivity index (χ3n) is 3.10. The Morgan fingerprint density at radius 3 is 2.23 bits per heavy atom. The Morgan fingerprint density at radius 1 is 1.31 bits per heavy atom. The van der Waals surface area contributed by atoms with Crippen LogP contribution in [0, 0.1) is 0 Å². The first-order chi connectivity index (χ1) is 6.29. The van der Waals surface area contributed by atoms with Gasteiger partial charge in [-0.15, -0.1) is 6.58 Å². The lowest BCUT2D eigenvalue weighted by Crippen LogP contribution is -2.43. The van der Waals surface area contributed by atoms with Gasteiger partial charge in [-0.1, -0.05) is 18.9 Å². The molecule has 0 aromatic heterocycles. The molecule has 0 aromatic carbocycles. The third-order valence-corrected chi connectivity index (χ3v) is 7.16. The fourth-order valence-electron chi connectivity index (χ4n) is 2.32. The average Bonchev–Trinajstić information content (AvgIpc) is 2.68. The Bertz CT molecular complexity index is 160. The van der Waals surface area contributed by atoms with Crippen LogP contribution < -0.4 is 0 Å². The van der Waals surface area contributed by atoms with E-state index in [1.807, 2.05) is 6.08 Å². The fraction of sp³-hybridized carbons (Fsp3) is 0.800. The Hall–Kier alpha value is -0.123. The first kappa shape index (κ1) is 11.0. The normalized spacial score (nSPS) is 19.2. The molecule has 0 N–H and O–H groups in total. The minimum Gasteiger partial charge on any atom is -0.397 e. The molecule has 0 aromatic rings. The summed E-state index contributed by atoms with van der Waals surface area (Å²) < 4.78 is 11.3. The summed E-state index contributed by atoms with van der Waals surface area (Å²) in [6, 6.07) is 0.921. The van der Waals surface area contributed by atoms with Crippen molar-refractivity contribution < 1.29 is 8.85 Å². The van der Waals surface area contributed by atoms with Crippen molar-refractivity contribution in [2.24, 2.45) is 0 Å². The van der Waals surface area contributed by atoms with Crippen molar-refractivity contribution in [2.45, 2.75) is 37.3 Å². The molecule has 0 amide bonds. The molecule has 1 aliphatic carbocycles. The maximum atomic E-state index is 5.66. The van der Waals surface area contributed by atoms with E-state index in [-0.39, 0.29) is 0 Å². The Morgan fingerprint density at radius 2 is 1.85 bits per heavy atom. The second-order valence-electron chi connectivity index (χ2n) is 3.69. The van der Waals surface area contributed by atoms with Crippen LogP contribution in [0.25, 0.3) is 0 Å². The van der Waals surface area contributed by atoms with Crippen LogP contribution in [0.4, 0.5) is 0 Å². The molecule has 13 heavy (non-hydrogen) atoms. The van der Waals surface area contributed by atoms with Crippen molar-refractivity contribution in [2.75, 3.05) is 14.2 Å². The molecule has 3 heteroatoms. The van der Waals surface area contributed by atoms with Gasteiger partial charge in [0.15, 0.2) is 0 Å². The van der Waals surface area contributed by atoms with Crippen molar-refractivity contribution in [1.29, 1.82) is 0 Å². The predicted octanol–water partition coefficient (Wildman–Crippen LogP) is 2.85. The van der Waals surface area contributed by atoms with Crippen molar-refractivity contribution in [3.05, 3.63) is 12.7 Å². The van der Waals surface area contributed by atoms with Crippen LogP contribution in [-0.4, -0.2) is 22.8 Å². The first-order valence-electron chi connectivity index (χ1n) is 5.00. The number of rotatable bonds is 5. The molecule has 0 heterocycles. The van der Waals surface area contributed by atoms with Gasteiger partial charge in [-0.3, -0.25) is 0 Å². The van der Waals surface area contributed by atoms with E-state index < -0.39 is 8.56 Å². The first-order valence-corrected chi connectivity index (χ1v) is 7.10. The molecule has 1 aliphatic rings.